The van der Waals surface area contributed by atoms with Crippen molar-refractivity contribution >= 4 is 39.3 Å². The van der Waals surface area contributed by atoms with Crippen LogP contribution in [0.1, 0.15) is 29.6 Å². The van der Waals surface area contributed by atoms with Crippen LogP contribution in [0.15, 0.2) is 47.4 Å². The van der Waals surface area contributed by atoms with E-state index in [0.29, 0.717) is 18.8 Å². The van der Waals surface area contributed by atoms with Crippen LogP contribution in [0.2, 0.25) is 0 Å². The Morgan fingerprint density at radius 1 is 0.971 bits per heavy atom. The second kappa shape index (κ2) is 11.0. The number of rotatable bonds is 8. The SMILES string of the molecule is COc1ccc(NC(=O)COC(=O)c2ccc(NC(N)=O)cc2)cc1S(=O)(=O)N1CCCCC1. The summed E-state index contributed by atoms with van der Waals surface area (Å²) in [7, 11) is -2.42. The summed E-state index contributed by atoms with van der Waals surface area (Å²) in [6.45, 7) is 0.273. The third-order valence-corrected chi connectivity index (χ3v) is 7.02. The van der Waals surface area contributed by atoms with Gasteiger partial charge in [0.15, 0.2) is 6.61 Å². The lowest BCUT2D eigenvalue weighted by molar-refractivity contribution is -0.119. The van der Waals surface area contributed by atoms with Gasteiger partial charge in [0.1, 0.15) is 10.6 Å². The predicted octanol–water partition coefficient (Wildman–Crippen LogP) is 2.16. The van der Waals surface area contributed by atoms with E-state index in [2.05, 4.69) is 10.6 Å². The highest BCUT2D eigenvalue weighted by Crippen LogP contribution is 2.31. The highest BCUT2D eigenvalue weighted by Gasteiger charge is 2.29. The van der Waals surface area contributed by atoms with Crippen molar-refractivity contribution in [2.45, 2.75) is 24.2 Å². The number of urea groups is 1. The molecule has 1 fully saturated rings. The molecule has 182 valence electrons. The number of benzene rings is 2. The Bertz CT molecular complexity index is 1160. The van der Waals surface area contributed by atoms with Gasteiger partial charge in [-0.2, -0.15) is 4.31 Å². The number of esters is 1. The number of nitrogens with one attached hydrogen (secondary N) is 2. The summed E-state index contributed by atoms with van der Waals surface area (Å²) in [5.74, 6) is -1.22. The lowest BCUT2D eigenvalue weighted by atomic mass is 10.2. The van der Waals surface area contributed by atoms with Gasteiger partial charge in [0, 0.05) is 24.5 Å². The van der Waals surface area contributed by atoms with Crippen molar-refractivity contribution in [2.75, 3.05) is 37.4 Å². The average molecular weight is 491 g/mol. The Kier molecular flexibility index (Phi) is 8.08. The quantitative estimate of drug-likeness (QED) is 0.479. The molecule has 11 nitrogen and oxygen atoms in total. The van der Waals surface area contributed by atoms with Gasteiger partial charge < -0.3 is 25.8 Å². The highest BCUT2D eigenvalue weighted by atomic mass is 32.2. The second-order valence-electron chi connectivity index (χ2n) is 7.52. The average Bonchev–Trinajstić information content (AvgIpc) is 2.83. The van der Waals surface area contributed by atoms with E-state index in [1.807, 2.05) is 0 Å². The van der Waals surface area contributed by atoms with Gasteiger partial charge in [-0.3, -0.25) is 4.79 Å². The lowest BCUT2D eigenvalue weighted by Gasteiger charge is -2.26. The Balaban J connectivity index is 1.64. The van der Waals surface area contributed by atoms with Crippen LogP contribution in [0.4, 0.5) is 16.2 Å². The van der Waals surface area contributed by atoms with Crippen molar-refractivity contribution in [1.82, 2.24) is 4.31 Å². The van der Waals surface area contributed by atoms with Crippen LogP contribution in [-0.4, -0.2) is 57.4 Å². The maximum atomic E-state index is 13.1. The molecule has 3 rings (SSSR count). The lowest BCUT2D eigenvalue weighted by Crippen LogP contribution is -2.35. The number of sulfonamides is 1. The van der Waals surface area contributed by atoms with Gasteiger partial charge in [0.25, 0.3) is 5.91 Å². The summed E-state index contributed by atoms with van der Waals surface area (Å²) in [6, 6.07) is 9.29. The zero-order chi connectivity index (χ0) is 24.7. The third-order valence-electron chi connectivity index (χ3n) is 5.10. The van der Waals surface area contributed by atoms with Crippen molar-refractivity contribution in [2.24, 2.45) is 5.73 Å². The van der Waals surface area contributed by atoms with Crippen molar-refractivity contribution in [3.63, 3.8) is 0 Å². The molecule has 34 heavy (non-hydrogen) atoms. The first-order chi connectivity index (χ1) is 16.2. The molecule has 4 N–H and O–H groups in total. The number of piperidine rings is 1. The van der Waals surface area contributed by atoms with E-state index in [1.54, 1.807) is 0 Å². The molecule has 0 radical (unpaired) electrons. The van der Waals surface area contributed by atoms with Crippen LogP contribution in [0.25, 0.3) is 0 Å². The number of anilines is 2. The highest BCUT2D eigenvalue weighted by molar-refractivity contribution is 7.89. The molecule has 12 heteroatoms. The number of amides is 3. The molecule has 0 saturated carbocycles. The largest absolute Gasteiger partial charge is 0.495 e. The fraction of sp³-hybridized carbons (Fsp3) is 0.318. The van der Waals surface area contributed by atoms with E-state index in [0.717, 1.165) is 19.3 Å². The van der Waals surface area contributed by atoms with Gasteiger partial charge >= 0.3 is 12.0 Å². The van der Waals surface area contributed by atoms with Gasteiger partial charge in [-0.25, -0.2) is 18.0 Å². The van der Waals surface area contributed by atoms with Gasteiger partial charge in [-0.05, 0) is 55.3 Å². The van der Waals surface area contributed by atoms with Crippen molar-refractivity contribution in [3.8, 4) is 5.75 Å². The maximum Gasteiger partial charge on any atom is 0.338 e. The summed E-state index contributed by atoms with van der Waals surface area (Å²) in [6.07, 6.45) is 2.55. The zero-order valence-electron chi connectivity index (χ0n) is 18.6. The molecule has 1 aliphatic rings. The second-order valence-corrected chi connectivity index (χ2v) is 9.43. The fourth-order valence-electron chi connectivity index (χ4n) is 3.44. The predicted molar refractivity (Wildman–Crippen MR) is 124 cm³/mol. The first kappa shape index (κ1) is 25.0. The van der Waals surface area contributed by atoms with Crippen LogP contribution in [-0.2, 0) is 19.6 Å². The van der Waals surface area contributed by atoms with E-state index >= 15 is 0 Å². The number of nitrogens with zero attached hydrogens (tertiary/aromatic N) is 1. The number of nitrogens with two attached hydrogens (primary N) is 1. The van der Waals surface area contributed by atoms with Crippen LogP contribution < -0.4 is 21.1 Å². The number of hydrogen-bond acceptors (Lipinski definition) is 7. The Morgan fingerprint density at radius 2 is 1.62 bits per heavy atom. The molecule has 0 atom stereocenters. The van der Waals surface area contributed by atoms with E-state index in [4.69, 9.17) is 15.2 Å². The van der Waals surface area contributed by atoms with Crippen LogP contribution in [0.3, 0.4) is 0 Å². The topological polar surface area (TPSA) is 157 Å². The number of carbonyl (C=O) groups excluding carboxylic acids is 3. The normalized spacial score (nSPS) is 14.1. The molecule has 0 unspecified atom stereocenters. The van der Waals surface area contributed by atoms with Gasteiger partial charge in [0.05, 0.1) is 12.7 Å². The van der Waals surface area contributed by atoms with Crippen LogP contribution >= 0.6 is 0 Å². The maximum absolute atomic E-state index is 13.1. The molecule has 2 aromatic rings. The number of primary amides is 1. The molecule has 0 bridgehead atoms. The molecular weight excluding hydrogens is 464 g/mol. The first-order valence-corrected chi connectivity index (χ1v) is 12.0. The summed E-state index contributed by atoms with van der Waals surface area (Å²) < 4.78 is 37.8. The molecule has 0 spiro atoms. The molecule has 1 heterocycles. The van der Waals surface area contributed by atoms with Crippen molar-refractivity contribution in [3.05, 3.63) is 48.0 Å². The van der Waals surface area contributed by atoms with Gasteiger partial charge in [-0.15, -0.1) is 0 Å². The summed E-state index contributed by atoms with van der Waals surface area (Å²) >= 11 is 0. The summed E-state index contributed by atoms with van der Waals surface area (Å²) in [5.41, 5.74) is 5.81. The molecule has 2 aromatic carbocycles. The molecular formula is C22H26N4O7S. The van der Waals surface area contributed by atoms with Crippen molar-refractivity contribution < 1.29 is 32.3 Å². The smallest absolute Gasteiger partial charge is 0.338 e. The Hall–Kier alpha value is -3.64. The minimum atomic E-state index is -3.80. The van der Waals surface area contributed by atoms with E-state index < -0.39 is 34.5 Å². The van der Waals surface area contributed by atoms with E-state index in [-0.39, 0.29) is 21.9 Å². The first-order valence-electron chi connectivity index (χ1n) is 10.5. The van der Waals surface area contributed by atoms with Gasteiger partial charge in [0.2, 0.25) is 10.0 Å². The fourth-order valence-corrected chi connectivity index (χ4v) is 5.14. The molecule has 1 saturated heterocycles. The number of carbonyl (C=O) groups is 3. The van der Waals surface area contributed by atoms with E-state index in [9.17, 15) is 22.8 Å². The number of methoxy groups -OCH3 is 1. The summed E-state index contributed by atoms with van der Waals surface area (Å²) in [5, 5.41) is 4.89. The molecule has 0 aliphatic carbocycles. The Labute approximate surface area is 197 Å². The van der Waals surface area contributed by atoms with E-state index in [1.165, 1.54) is 53.9 Å². The van der Waals surface area contributed by atoms with Crippen LogP contribution in [0, 0.1) is 0 Å². The Morgan fingerprint density at radius 3 is 2.24 bits per heavy atom. The zero-order valence-corrected chi connectivity index (χ0v) is 19.4. The summed E-state index contributed by atoms with van der Waals surface area (Å²) in [4.78, 5) is 35.3. The molecule has 3 amide bonds. The third kappa shape index (κ3) is 6.23. The van der Waals surface area contributed by atoms with Crippen molar-refractivity contribution in [1.29, 1.82) is 0 Å². The molecule has 1 aliphatic heterocycles. The number of hydrogen-bond donors (Lipinski definition) is 3. The monoisotopic (exact) mass is 490 g/mol. The molecule has 0 aromatic heterocycles. The minimum absolute atomic E-state index is 0.0450. The standard InChI is InChI=1S/C22H26N4O7S/c1-32-18-10-9-17(13-19(18)34(30,31)26-11-3-2-4-12-26)24-20(27)14-33-21(28)15-5-7-16(8-6-15)25-22(23)29/h5-10,13H,2-4,11-12,14H2,1H3,(H,24,27)(H3,23,25,29). The minimum Gasteiger partial charge on any atom is -0.495 e. The number of ether oxygens (including phenoxy) is 2. The van der Waals surface area contributed by atoms with Crippen LogP contribution in [0.5, 0.6) is 5.75 Å². The van der Waals surface area contributed by atoms with Gasteiger partial charge in [-0.1, -0.05) is 6.42 Å².